The third-order valence-corrected chi connectivity index (χ3v) is 3.87. The zero-order chi connectivity index (χ0) is 20.6. The first-order valence-corrected chi connectivity index (χ1v) is 8.71. The van der Waals surface area contributed by atoms with E-state index in [4.69, 9.17) is 9.84 Å². The van der Waals surface area contributed by atoms with Gasteiger partial charge in [0, 0.05) is 29.8 Å². The van der Waals surface area contributed by atoms with Crippen LogP contribution < -0.4 is 5.32 Å². The highest BCUT2D eigenvalue weighted by Crippen LogP contribution is 2.29. The highest BCUT2D eigenvalue weighted by atomic mass is 19.1. The SMILES string of the molecule is O=[N+]([O-])c1cc2c(Nc3cccc(C#CCCOCCO)c3)ncnc2cc1F. The largest absolute Gasteiger partial charge is 0.394 e. The Hall–Kier alpha value is -3.61. The second-order valence-electron chi connectivity index (χ2n) is 5.89. The van der Waals surface area contributed by atoms with Gasteiger partial charge in [-0.1, -0.05) is 17.9 Å². The highest BCUT2D eigenvalue weighted by Gasteiger charge is 2.17. The van der Waals surface area contributed by atoms with Gasteiger partial charge in [0.25, 0.3) is 0 Å². The van der Waals surface area contributed by atoms with Crippen LogP contribution in [0.2, 0.25) is 0 Å². The van der Waals surface area contributed by atoms with Gasteiger partial charge in [0.2, 0.25) is 5.82 Å². The fourth-order valence-electron chi connectivity index (χ4n) is 2.57. The molecule has 2 N–H and O–H groups in total. The van der Waals surface area contributed by atoms with Crippen LogP contribution in [-0.4, -0.2) is 39.8 Å². The molecular weight excluding hydrogens is 379 g/mol. The first-order chi connectivity index (χ1) is 14.1. The number of halogens is 1. The van der Waals surface area contributed by atoms with Gasteiger partial charge in [-0.15, -0.1) is 0 Å². The van der Waals surface area contributed by atoms with Crippen molar-refractivity contribution >= 4 is 28.1 Å². The van der Waals surface area contributed by atoms with Crippen molar-refractivity contribution in [3.8, 4) is 11.8 Å². The van der Waals surface area contributed by atoms with Crippen LogP contribution in [0.5, 0.6) is 0 Å². The third kappa shape index (κ3) is 5.22. The van der Waals surface area contributed by atoms with Crippen LogP contribution in [0.3, 0.4) is 0 Å². The van der Waals surface area contributed by atoms with E-state index in [1.807, 2.05) is 6.07 Å². The summed E-state index contributed by atoms with van der Waals surface area (Å²) < 4.78 is 19.0. The Morgan fingerprint density at radius 1 is 1.24 bits per heavy atom. The third-order valence-electron chi connectivity index (χ3n) is 3.87. The summed E-state index contributed by atoms with van der Waals surface area (Å²) in [6.45, 7) is 0.707. The normalized spacial score (nSPS) is 10.4. The molecule has 0 aliphatic heterocycles. The number of hydrogen-bond donors (Lipinski definition) is 2. The summed E-state index contributed by atoms with van der Waals surface area (Å²) in [4.78, 5) is 18.3. The molecule has 0 bridgehead atoms. The first-order valence-electron chi connectivity index (χ1n) is 8.71. The highest BCUT2D eigenvalue weighted by molar-refractivity contribution is 5.92. The molecule has 0 atom stereocenters. The van der Waals surface area contributed by atoms with Gasteiger partial charge < -0.3 is 15.2 Å². The van der Waals surface area contributed by atoms with Gasteiger partial charge in [-0.3, -0.25) is 10.1 Å². The van der Waals surface area contributed by atoms with Gasteiger partial charge in [0.15, 0.2) is 0 Å². The molecular formula is C20H17FN4O4. The monoisotopic (exact) mass is 396 g/mol. The van der Waals surface area contributed by atoms with E-state index in [0.29, 0.717) is 29.9 Å². The maximum Gasteiger partial charge on any atom is 0.305 e. The predicted molar refractivity (Wildman–Crippen MR) is 105 cm³/mol. The molecule has 0 saturated heterocycles. The molecule has 29 heavy (non-hydrogen) atoms. The minimum atomic E-state index is -0.951. The summed E-state index contributed by atoms with van der Waals surface area (Å²) in [6.07, 6.45) is 1.79. The number of anilines is 2. The number of aromatic nitrogens is 2. The molecule has 0 aliphatic carbocycles. The number of nitrogens with one attached hydrogen (secondary N) is 1. The molecule has 8 nitrogen and oxygen atoms in total. The Morgan fingerprint density at radius 3 is 2.90 bits per heavy atom. The quantitative estimate of drug-likeness (QED) is 0.273. The summed E-state index contributed by atoms with van der Waals surface area (Å²) in [6, 6.07) is 9.37. The van der Waals surface area contributed by atoms with Gasteiger partial charge in [0.05, 0.1) is 35.6 Å². The van der Waals surface area contributed by atoms with Crippen LogP contribution >= 0.6 is 0 Å². The van der Waals surface area contributed by atoms with Crippen LogP contribution in [0.25, 0.3) is 10.9 Å². The summed E-state index contributed by atoms with van der Waals surface area (Å²) in [5.74, 6) is 5.36. The summed E-state index contributed by atoms with van der Waals surface area (Å²) >= 11 is 0. The second kappa shape index (κ2) is 9.54. The molecule has 0 radical (unpaired) electrons. The van der Waals surface area contributed by atoms with E-state index in [0.717, 1.165) is 17.7 Å². The Morgan fingerprint density at radius 2 is 2.10 bits per heavy atom. The van der Waals surface area contributed by atoms with E-state index in [-0.39, 0.29) is 18.7 Å². The molecule has 0 amide bonds. The first kappa shape index (κ1) is 20.1. The fourth-order valence-corrected chi connectivity index (χ4v) is 2.57. The lowest BCUT2D eigenvalue weighted by atomic mass is 10.1. The summed E-state index contributed by atoms with van der Waals surface area (Å²) in [5.41, 5.74) is 1.04. The molecule has 0 aliphatic rings. The smallest absolute Gasteiger partial charge is 0.305 e. The molecule has 148 valence electrons. The maximum absolute atomic E-state index is 13.8. The maximum atomic E-state index is 13.8. The summed E-state index contributed by atoms with van der Waals surface area (Å²) in [7, 11) is 0. The lowest BCUT2D eigenvalue weighted by molar-refractivity contribution is -0.387. The topological polar surface area (TPSA) is 110 Å². The Kier molecular flexibility index (Phi) is 6.63. The van der Waals surface area contributed by atoms with Crippen molar-refractivity contribution in [3.63, 3.8) is 0 Å². The van der Waals surface area contributed by atoms with E-state index in [1.54, 1.807) is 18.2 Å². The van der Waals surface area contributed by atoms with Crippen LogP contribution in [-0.2, 0) is 4.74 Å². The number of ether oxygens (including phenoxy) is 1. The van der Waals surface area contributed by atoms with Crippen molar-refractivity contribution in [2.24, 2.45) is 0 Å². The number of benzene rings is 2. The summed E-state index contributed by atoms with van der Waals surface area (Å²) in [5, 5.41) is 23.1. The van der Waals surface area contributed by atoms with Crippen molar-refractivity contribution < 1.29 is 19.2 Å². The molecule has 1 heterocycles. The average molecular weight is 396 g/mol. The average Bonchev–Trinajstić information content (AvgIpc) is 2.70. The lowest BCUT2D eigenvalue weighted by Crippen LogP contribution is -1.99. The second-order valence-corrected chi connectivity index (χ2v) is 5.89. The molecule has 0 unspecified atom stereocenters. The van der Waals surface area contributed by atoms with Crippen LogP contribution in [0.15, 0.2) is 42.7 Å². The Balaban J connectivity index is 1.81. The Labute approximate surface area is 165 Å². The molecule has 3 rings (SSSR count). The van der Waals surface area contributed by atoms with E-state index in [1.165, 1.54) is 6.33 Å². The zero-order valence-corrected chi connectivity index (χ0v) is 15.3. The van der Waals surface area contributed by atoms with E-state index >= 15 is 0 Å². The van der Waals surface area contributed by atoms with Gasteiger partial charge >= 0.3 is 5.69 Å². The minimum Gasteiger partial charge on any atom is -0.394 e. The van der Waals surface area contributed by atoms with Gasteiger partial charge in [0.1, 0.15) is 12.1 Å². The zero-order valence-electron chi connectivity index (χ0n) is 15.3. The van der Waals surface area contributed by atoms with E-state index in [2.05, 4.69) is 27.1 Å². The number of aliphatic hydroxyl groups is 1. The van der Waals surface area contributed by atoms with E-state index in [9.17, 15) is 14.5 Å². The van der Waals surface area contributed by atoms with Crippen molar-refractivity contribution in [1.82, 2.24) is 9.97 Å². The van der Waals surface area contributed by atoms with Crippen molar-refractivity contribution in [2.45, 2.75) is 6.42 Å². The molecule has 1 aromatic heterocycles. The van der Waals surface area contributed by atoms with Crippen molar-refractivity contribution in [1.29, 1.82) is 0 Å². The molecule has 0 spiro atoms. The molecule has 9 heteroatoms. The number of fused-ring (bicyclic) bond motifs is 1. The number of nitro groups is 1. The molecule has 0 fully saturated rings. The van der Waals surface area contributed by atoms with Gasteiger partial charge in [-0.05, 0) is 18.2 Å². The lowest BCUT2D eigenvalue weighted by Gasteiger charge is -2.09. The number of aliphatic hydroxyl groups excluding tert-OH is 1. The number of nitro benzene ring substituents is 1. The molecule has 3 aromatic rings. The molecule has 0 saturated carbocycles. The molecule has 2 aromatic carbocycles. The number of nitrogens with zero attached hydrogens (tertiary/aromatic N) is 3. The van der Waals surface area contributed by atoms with Gasteiger partial charge in [-0.2, -0.15) is 4.39 Å². The number of hydrogen-bond acceptors (Lipinski definition) is 7. The van der Waals surface area contributed by atoms with Gasteiger partial charge in [-0.25, -0.2) is 9.97 Å². The van der Waals surface area contributed by atoms with Crippen molar-refractivity contribution in [2.75, 3.05) is 25.1 Å². The van der Waals surface area contributed by atoms with Crippen LogP contribution in [0, 0.1) is 27.8 Å². The number of rotatable bonds is 7. The minimum absolute atomic E-state index is 0.0192. The standard InChI is InChI=1S/C20H17FN4O4/c21-17-12-18-16(11-19(17)25(27)28)20(23-13-22-18)24-15-6-3-5-14(10-15)4-1-2-8-29-9-7-26/h3,5-6,10-13,26H,2,7-9H2,(H,22,23,24). The Bertz CT molecular complexity index is 1090. The van der Waals surface area contributed by atoms with Crippen LogP contribution in [0.4, 0.5) is 21.6 Å². The fraction of sp³-hybridized carbons (Fsp3) is 0.200. The van der Waals surface area contributed by atoms with Crippen LogP contribution in [0.1, 0.15) is 12.0 Å². The van der Waals surface area contributed by atoms with E-state index < -0.39 is 16.4 Å². The predicted octanol–water partition coefficient (Wildman–Crippen LogP) is 3.17. The van der Waals surface area contributed by atoms with Crippen molar-refractivity contribution in [3.05, 3.63) is 64.2 Å².